The highest BCUT2D eigenvalue weighted by Crippen LogP contribution is 2.19. The predicted molar refractivity (Wildman–Crippen MR) is 45.3 cm³/mol. The van der Waals surface area contributed by atoms with Gasteiger partial charge in [-0.1, -0.05) is 0 Å². The number of rotatable bonds is 1. The summed E-state index contributed by atoms with van der Waals surface area (Å²) in [5, 5.41) is 7.23. The van der Waals surface area contributed by atoms with Gasteiger partial charge < -0.3 is 5.73 Å². The third-order valence-electron chi connectivity index (χ3n) is 1.26. The van der Waals surface area contributed by atoms with Crippen LogP contribution in [0.1, 0.15) is 0 Å². The molecule has 2 heterocycles. The van der Waals surface area contributed by atoms with Gasteiger partial charge in [0.05, 0.1) is 16.6 Å². The first-order chi connectivity index (χ1) is 5.86. The van der Waals surface area contributed by atoms with E-state index in [-0.39, 0.29) is 5.95 Å². The van der Waals surface area contributed by atoms with E-state index in [1.165, 1.54) is 11.3 Å². The van der Waals surface area contributed by atoms with Gasteiger partial charge in [0.15, 0.2) is 0 Å². The van der Waals surface area contributed by atoms with Crippen LogP contribution in [0, 0.1) is 0 Å². The molecule has 5 nitrogen and oxygen atoms in total. The number of nitrogens with zero attached hydrogens (tertiary/aromatic N) is 4. The summed E-state index contributed by atoms with van der Waals surface area (Å²) in [5.41, 5.74) is 7.81. The van der Waals surface area contributed by atoms with Crippen molar-refractivity contribution in [1.82, 2.24) is 20.2 Å². The lowest BCUT2D eigenvalue weighted by molar-refractivity contribution is 0.991. The number of hydrogen-bond acceptors (Lipinski definition) is 6. The summed E-state index contributed by atoms with van der Waals surface area (Å²) in [6.45, 7) is 0. The van der Waals surface area contributed by atoms with Gasteiger partial charge in [0, 0.05) is 6.20 Å². The number of hydrogen-bond donors (Lipinski definition) is 1. The SMILES string of the molecule is Nc1nncc(-c2cncs2)n1. The van der Waals surface area contributed by atoms with E-state index >= 15 is 0 Å². The summed E-state index contributed by atoms with van der Waals surface area (Å²) in [6, 6.07) is 0. The summed E-state index contributed by atoms with van der Waals surface area (Å²) in [5.74, 6) is 0.181. The molecule has 0 unspecified atom stereocenters. The van der Waals surface area contributed by atoms with Gasteiger partial charge in [-0.2, -0.15) is 5.10 Å². The maximum Gasteiger partial charge on any atom is 0.240 e. The second kappa shape index (κ2) is 2.82. The van der Waals surface area contributed by atoms with Crippen molar-refractivity contribution < 1.29 is 0 Å². The van der Waals surface area contributed by atoms with Crippen molar-refractivity contribution in [2.24, 2.45) is 0 Å². The molecule has 6 heteroatoms. The second-order valence-electron chi connectivity index (χ2n) is 2.07. The Morgan fingerprint density at radius 2 is 2.25 bits per heavy atom. The normalized spacial score (nSPS) is 10.0. The molecule has 0 bridgehead atoms. The monoisotopic (exact) mass is 179 g/mol. The van der Waals surface area contributed by atoms with Gasteiger partial charge >= 0.3 is 0 Å². The molecular weight excluding hydrogens is 174 g/mol. The van der Waals surface area contributed by atoms with E-state index in [0.29, 0.717) is 5.69 Å². The van der Waals surface area contributed by atoms with Crippen molar-refractivity contribution in [3.8, 4) is 10.6 Å². The topological polar surface area (TPSA) is 77.6 Å². The first kappa shape index (κ1) is 7.11. The first-order valence-electron chi connectivity index (χ1n) is 3.20. The maximum atomic E-state index is 5.36. The number of nitrogen functional groups attached to an aromatic ring is 1. The van der Waals surface area contributed by atoms with Crippen molar-refractivity contribution in [2.75, 3.05) is 5.73 Å². The summed E-state index contributed by atoms with van der Waals surface area (Å²) >= 11 is 1.49. The lowest BCUT2D eigenvalue weighted by Gasteiger charge is -1.93. The first-order valence-corrected chi connectivity index (χ1v) is 4.08. The van der Waals surface area contributed by atoms with E-state index in [0.717, 1.165) is 4.88 Å². The maximum absolute atomic E-state index is 5.36. The molecule has 0 amide bonds. The van der Waals surface area contributed by atoms with Crippen LogP contribution in [0.3, 0.4) is 0 Å². The van der Waals surface area contributed by atoms with E-state index in [2.05, 4.69) is 20.2 Å². The Hall–Kier alpha value is -1.56. The quantitative estimate of drug-likeness (QED) is 0.692. The van der Waals surface area contributed by atoms with Crippen LogP contribution in [0.5, 0.6) is 0 Å². The molecule has 0 fully saturated rings. The van der Waals surface area contributed by atoms with Crippen LogP contribution in [-0.4, -0.2) is 20.2 Å². The molecule has 2 rings (SSSR count). The van der Waals surface area contributed by atoms with E-state index in [9.17, 15) is 0 Å². The number of nitrogens with two attached hydrogens (primary N) is 1. The summed E-state index contributed by atoms with van der Waals surface area (Å²) in [6.07, 6.45) is 3.28. The second-order valence-corrected chi connectivity index (χ2v) is 2.95. The Bertz CT molecular complexity index is 371. The third-order valence-corrected chi connectivity index (χ3v) is 2.06. The molecule has 60 valence electrons. The molecule has 2 N–H and O–H groups in total. The lowest BCUT2D eigenvalue weighted by Crippen LogP contribution is -1.97. The molecule has 0 saturated carbocycles. The van der Waals surface area contributed by atoms with E-state index in [4.69, 9.17) is 5.73 Å². The van der Waals surface area contributed by atoms with Gasteiger partial charge in [-0.15, -0.1) is 16.4 Å². The van der Waals surface area contributed by atoms with Crippen LogP contribution in [0.4, 0.5) is 5.95 Å². The van der Waals surface area contributed by atoms with E-state index in [1.807, 2.05) is 0 Å². The largest absolute Gasteiger partial charge is 0.366 e. The third kappa shape index (κ3) is 1.24. The Labute approximate surface area is 72.3 Å². The Morgan fingerprint density at radius 1 is 1.33 bits per heavy atom. The van der Waals surface area contributed by atoms with Gasteiger partial charge in [-0.3, -0.25) is 4.98 Å². The molecular formula is C6H5N5S. The van der Waals surface area contributed by atoms with Crippen molar-refractivity contribution in [2.45, 2.75) is 0 Å². The molecule has 0 spiro atoms. The fourth-order valence-electron chi connectivity index (χ4n) is 0.778. The minimum absolute atomic E-state index is 0.181. The van der Waals surface area contributed by atoms with Crippen molar-refractivity contribution >= 4 is 17.3 Å². The van der Waals surface area contributed by atoms with E-state index in [1.54, 1.807) is 17.9 Å². The standard InChI is InChI=1S/C6H5N5S/c7-6-10-4(1-9-11-6)5-2-8-3-12-5/h1-3H,(H2,7,10,11). The smallest absolute Gasteiger partial charge is 0.240 e. The number of aromatic nitrogens is 4. The van der Waals surface area contributed by atoms with Crippen LogP contribution in [-0.2, 0) is 0 Å². The zero-order chi connectivity index (χ0) is 8.39. The molecule has 0 aliphatic rings. The Balaban J connectivity index is 2.48. The summed E-state index contributed by atoms with van der Waals surface area (Å²) in [4.78, 5) is 8.85. The summed E-state index contributed by atoms with van der Waals surface area (Å²) < 4.78 is 0. The predicted octanol–water partition coefficient (Wildman–Crippen LogP) is 0.577. The van der Waals surface area contributed by atoms with Crippen LogP contribution in [0.15, 0.2) is 17.9 Å². The van der Waals surface area contributed by atoms with Gasteiger partial charge in [0.2, 0.25) is 5.95 Å². The highest BCUT2D eigenvalue weighted by Gasteiger charge is 2.01. The van der Waals surface area contributed by atoms with Gasteiger partial charge in [0.1, 0.15) is 5.69 Å². The molecule has 0 aromatic carbocycles. The van der Waals surface area contributed by atoms with Crippen LogP contribution < -0.4 is 5.73 Å². The molecule has 0 radical (unpaired) electrons. The van der Waals surface area contributed by atoms with Gasteiger partial charge in [0.25, 0.3) is 0 Å². The molecule has 0 aliphatic carbocycles. The Morgan fingerprint density at radius 3 is 2.92 bits per heavy atom. The van der Waals surface area contributed by atoms with Crippen LogP contribution >= 0.6 is 11.3 Å². The zero-order valence-electron chi connectivity index (χ0n) is 6.01. The molecule has 2 aromatic rings. The highest BCUT2D eigenvalue weighted by molar-refractivity contribution is 7.13. The lowest BCUT2D eigenvalue weighted by atomic mass is 10.4. The molecule has 2 aromatic heterocycles. The molecule has 0 saturated heterocycles. The average Bonchev–Trinajstić information content (AvgIpc) is 2.56. The minimum atomic E-state index is 0.181. The fourth-order valence-corrected chi connectivity index (χ4v) is 1.35. The Kier molecular flexibility index (Phi) is 1.67. The van der Waals surface area contributed by atoms with Crippen molar-refractivity contribution in [3.63, 3.8) is 0 Å². The molecule has 12 heavy (non-hydrogen) atoms. The van der Waals surface area contributed by atoms with Crippen LogP contribution in [0.25, 0.3) is 10.6 Å². The fraction of sp³-hybridized carbons (Fsp3) is 0. The molecule has 0 aliphatic heterocycles. The van der Waals surface area contributed by atoms with Gasteiger partial charge in [-0.25, -0.2) is 4.98 Å². The number of anilines is 1. The van der Waals surface area contributed by atoms with Crippen molar-refractivity contribution in [3.05, 3.63) is 17.9 Å². The number of thiazole rings is 1. The highest BCUT2D eigenvalue weighted by atomic mass is 32.1. The minimum Gasteiger partial charge on any atom is -0.366 e. The van der Waals surface area contributed by atoms with Crippen molar-refractivity contribution in [1.29, 1.82) is 0 Å². The van der Waals surface area contributed by atoms with E-state index < -0.39 is 0 Å². The van der Waals surface area contributed by atoms with Gasteiger partial charge in [-0.05, 0) is 0 Å². The van der Waals surface area contributed by atoms with Crippen LogP contribution in [0.2, 0.25) is 0 Å². The average molecular weight is 179 g/mol. The summed E-state index contributed by atoms with van der Waals surface area (Å²) in [7, 11) is 0. The molecule has 0 atom stereocenters. The zero-order valence-corrected chi connectivity index (χ0v) is 6.82.